The molecule has 0 radical (unpaired) electrons. The van der Waals surface area contributed by atoms with Crippen LogP contribution in [0.4, 0.5) is 17.6 Å². The number of hydrogen-bond acceptors (Lipinski definition) is 3. The second kappa shape index (κ2) is 8.29. The zero-order chi connectivity index (χ0) is 22.0. The van der Waals surface area contributed by atoms with Crippen LogP contribution >= 0.6 is 0 Å². The van der Waals surface area contributed by atoms with Gasteiger partial charge in [-0.25, -0.2) is 9.37 Å². The maximum Gasteiger partial charge on any atom is 0.389 e. The maximum atomic E-state index is 13.1. The number of Topliss-reactive ketones (excluding diaryl/α,β-unsaturated/α-hetero) is 1. The molecule has 0 bridgehead atoms. The molecule has 0 saturated carbocycles. The van der Waals surface area contributed by atoms with Gasteiger partial charge in [-0.3, -0.25) is 14.2 Å². The number of fused-ring (bicyclic) bond motifs is 1. The van der Waals surface area contributed by atoms with Crippen molar-refractivity contribution >= 4 is 11.4 Å². The van der Waals surface area contributed by atoms with Crippen molar-refractivity contribution in [1.29, 1.82) is 0 Å². The highest BCUT2D eigenvalue weighted by atomic mass is 19.4. The summed E-state index contributed by atoms with van der Waals surface area (Å²) < 4.78 is 51.9. The molecule has 158 valence electrons. The Morgan fingerprint density at radius 2 is 1.81 bits per heavy atom. The fraction of sp³-hybridized carbons (Fsp3) is 0.174. The Balaban J connectivity index is 1.57. The van der Waals surface area contributed by atoms with Gasteiger partial charge in [0.2, 0.25) is 0 Å². The van der Waals surface area contributed by atoms with E-state index >= 15 is 0 Å². The van der Waals surface area contributed by atoms with Crippen LogP contribution in [-0.2, 0) is 11.2 Å². The van der Waals surface area contributed by atoms with Crippen molar-refractivity contribution in [3.8, 4) is 22.5 Å². The highest BCUT2D eigenvalue weighted by molar-refractivity contribution is 5.81. The van der Waals surface area contributed by atoms with Crippen molar-refractivity contribution in [2.75, 3.05) is 0 Å². The number of pyridine rings is 2. The van der Waals surface area contributed by atoms with E-state index in [1.165, 1.54) is 6.07 Å². The molecule has 0 unspecified atom stereocenters. The molecule has 0 aliphatic rings. The van der Waals surface area contributed by atoms with Gasteiger partial charge >= 0.3 is 6.18 Å². The van der Waals surface area contributed by atoms with Gasteiger partial charge in [0.1, 0.15) is 17.2 Å². The molecule has 4 aromatic rings. The molecule has 0 saturated heterocycles. The Kier molecular flexibility index (Phi) is 5.54. The maximum absolute atomic E-state index is 13.1. The van der Waals surface area contributed by atoms with E-state index in [1.54, 1.807) is 30.5 Å². The fourth-order valence-corrected chi connectivity index (χ4v) is 3.34. The minimum atomic E-state index is -4.34. The van der Waals surface area contributed by atoms with Crippen LogP contribution in [0.15, 0.2) is 67.1 Å². The van der Waals surface area contributed by atoms with Gasteiger partial charge in [-0.1, -0.05) is 18.2 Å². The second-order valence-electron chi connectivity index (χ2n) is 7.18. The third kappa shape index (κ3) is 4.96. The molecule has 8 heteroatoms. The van der Waals surface area contributed by atoms with Crippen molar-refractivity contribution in [2.45, 2.75) is 25.4 Å². The van der Waals surface area contributed by atoms with Crippen LogP contribution in [0.25, 0.3) is 28.2 Å². The van der Waals surface area contributed by atoms with Gasteiger partial charge in [0.05, 0.1) is 30.2 Å². The number of aromatic nitrogens is 3. The van der Waals surface area contributed by atoms with Crippen molar-refractivity contribution in [2.24, 2.45) is 0 Å². The van der Waals surface area contributed by atoms with E-state index in [4.69, 9.17) is 0 Å². The lowest BCUT2D eigenvalue weighted by atomic mass is 10.0. The normalized spacial score (nSPS) is 11.7. The van der Waals surface area contributed by atoms with Crippen LogP contribution < -0.4 is 0 Å². The van der Waals surface area contributed by atoms with E-state index in [1.807, 2.05) is 28.8 Å². The number of halogens is 4. The SMILES string of the molecule is O=C(CCC(F)(F)F)Cc1cccc(-c2cnc3cc(-c4ccc(F)cn4)ccn23)c1. The first-order valence-corrected chi connectivity index (χ1v) is 9.55. The first-order chi connectivity index (χ1) is 14.8. The Labute approximate surface area is 175 Å². The summed E-state index contributed by atoms with van der Waals surface area (Å²) in [5.41, 5.74) is 4.28. The zero-order valence-electron chi connectivity index (χ0n) is 16.2. The molecule has 0 N–H and O–H groups in total. The molecule has 4 nitrogen and oxygen atoms in total. The van der Waals surface area contributed by atoms with E-state index in [0.29, 0.717) is 16.9 Å². The van der Waals surface area contributed by atoms with Crippen molar-refractivity contribution in [1.82, 2.24) is 14.4 Å². The van der Waals surface area contributed by atoms with E-state index < -0.39 is 30.6 Å². The quantitative estimate of drug-likeness (QED) is 0.373. The van der Waals surface area contributed by atoms with E-state index in [0.717, 1.165) is 23.0 Å². The molecule has 0 aliphatic heterocycles. The highest BCUT2D eigenvalue weighted by Gasteiger charge is 2.27. The molecular weight excluding hydrogens is 410 g/mol. The summed E-state index contributed by atoms with van der Waals surface area (Å²) in [6.45, 7) is 0. The van der Waals surface area contributed by atoms with Crippen LogP contribution in [0.1, 0.15) is 18.4 Å². The third-order valence-electron chi connectivity index (χ3n) is 4.85. The number of ketones is 1. The van der Waals surface area contributed by atoms with Crippen molar-refractivity contribution in [3.63, 3.8) is 0 Å². The Bertz CT molecular complexity index is 1230. The number of carbonyl (C=O) groups excluding carboxylic acids is 1. The first-order valence-electron chi connectivity index (χ1n) is 9.55. The van der Waals surface area contributed by atoms with E-state index in [-0.39, 0.29) is 6.42 Å². The molecule has 3 aromatic heterocycles. The predicted molar refractivity (Wildman–Crippen MR) is 108 cm³/mol. The van der Waals surface area contributed by atoms with Gasteiger partial charge < -0.3 is 0 Å². The summed E-state index contributed by atoms with van der Waals surface area (Å²) in [5.74, 6) is -0.867. The van der Waals surface area contributed by atoms with E-state index in [2.05, 4.69) is 9.97 Å². The van der Waals surface area contributed by atoms with Crippen LogP contribution in [0.2, 0.25) is 0 Å². The summed E-state index contributed by atoms with van der Waals surface area (Å²) in [6.07, 6.45) is -1.37. The second-order valence-corrected chi connectivity index (χ2v) is 7.18. The lowest BCUT2D eigenvalue weighted by molar-refractivity contribution is -0.143. The first kappa shape index (κ1) is 20.7. The summed E-state index contributed by atoms with van der Waals surface area (Å²) in [6, 6.07) is 13.7. The molecule has 0 amide bonds. The molecule has 3 heterocycles. The van der Waals surface area contributed by atoms with Crippen LogP contribution in [0.3, 0.4) is 0 Å². The van der Waals surface area contributed by atoms with E-state index in [9.17, 15) is 22.4 Å². The average Bonchev–Trinajstić information content (AvgIpc) is 3.16. The van der Waals surface area contributed by atoms with Gasteiger partial charge in [0.25, 0.3) is 0 Å². The summed E-state index contributed by atoms with van der Waals surface area (Å²) in [7, 11) is 0. The number of carbonyl (C=O) groups is 1. The van der Waals surface area contributed by atoms with Gasteiger partial charge in [0, 0.05) is 30.2 Å². The molecule has 0 aliphatic carbocycles. The molecule has 31 heavy (non-hydrogen) atoms. The molecule has 0 fully saturated rings. The molecule has 4 rings (SSSR count). The van der Waals surface area contributed by atoms with Gasteiger partial charge in [-0.2, -0.15) is 13.2 Å². The number of alkyl halides is 3. The third-order valence-corrected chi connectivity index (χ3v) is 4.85. The summed E-state index contributed by atoms with van der Waals surface area (Å²) in [4.78, 5) is 20.4. The van der Waals surface area contributed by atoms with Crippen molar-refractivity contribution < 1.29 is 22.4 Å². The minimum Gasteiger partial charge on any atom is -0.300 e. The summed E-state index contributed by atoms with van der Waals surface area (Å²) >= 11 is 0. The number of rotatable bonds is 6. The Morgan fingerprint density at radius 1 is 0.968 bits per heavy atom. The number of hydrogen-bond donors (Lipinski definition) is 0. The lowest BCUT2D eigenvalue weighted by Crippen LogP contribution is -2.12. The van der Waals surface area contributed by atoms with Gasteiger partial charge in [-0.15, -0.1) is 0 Å². The highest BCUT2D eigenvalue weighted by Crippen LogP contribution is 2.26. The smallest absolute Gasteiger partial charge is 0.300 e. The van der Waals surface area contributed by atoms with Crippen LogP contribution in [-0.4, -0.2) is 26.3 Å². The fourth-order valence-electron chi connectivity index (χ4n) is 3.34. The van der Waals surface area contributed by atoms with Crippen LogP contribution in [0, 0.1) is 5.82 Å². The van der Waals surface area contributed by atoms with Gasteiger partial charge in [0.15, 0.2) is 0 Å². The summed E-state index contributed by atoms with van der Waals surface area (Å²) in [5, 5.41) is 0. The number of nitrogens with zero attached hydrogens (tertiary/aromatic N) is 3. The largest absolute Gasteiger partial charge is 0.389 e. The molecular formula is C23H17F4N3O. The average molecular weight is 427 g/mol. The number of benzene rings is 1. The standard InChI is InChI=1S/C23H17F4N3O/c24-18-4-5-20(28-13-18)16-7-9-30-21(14-29-22(30)12-16)17-3-1-2-15(10-17)11-19(31)6-8-23(25,26)27/h1-5,7,9-10,12-14H,6,8,11H2. The van der Waals surface area contributed by atoms with Crippen LogP contribution in [0.5, 0.6) is 0 Å². The zero-order valence-corrected chi connectivity index (χ0v) is 16.2. The topological polar surface area (TPSA) is 47.3 Å². The van der Waals surface area contributed by atoms with Gasteiger partial charge in [-0.05, 0) is 35.9 Å². The Hall–Kier alpha value is -3.55. The minimum absolute atomic E-state index is 0.0545. The molecule has 0 spiro atoms. The molecule has 0 atom stereocenters. The lowest BCUT2D eigenvalue weighted by Gasteiger charge is -2.08. The monoisotopic (exact) mass is 427 g/mol. The Morgan fingerprint density at radius 3 is 2.55 bits per heavy atom. The number of imidazole rings is 1. The molecule has 1 aromatic carbocycles. The van der Waals surface area contributed by atoms with Crippen molar-refractivity contribution in [3.05, 3.63) is 78.5 Å². The predicted octanol–water partition coefficient (Wildman–Crippen LogP) is 5.66.